The van der Waals surface area contributed by atoms with Gasteiger partial charge in [0.15, 0.2) is 5.88 Å². The Morgan fingerprint density at radius 2 is 1.83 bits per heavy atom. The zero-order chi connectivity index (χ0) is 32.0. The number of imidazole rings is 1. The summed E-state index contributed by atoms with van der Waals surface area (Å²) in [6, 6.07) is 10.7. The minimum atomic E-state index is 0.0152. The topological polar surface area (TPSA) is 111 Å². The van der Waals surface area contributed by atoms with Crippen molar-refractivity contribution in [3.8, 4) is 17.3 Å². The highest BCUT2D eigenvalue weighted by Gasteiger charge is 2.47. The van der Waals surface area contributed by atoms with Gasteiger partial charge < -0.3 is 24.8 Å². The van der Waals surface area contributed by atoms with Crippen LogP contribution in [0.4, 0.5) is 0 Å². The molecule has 4 atom stereocenters. The first-order valence-electron chi connectivity index (χ1n) is 17.8. The highest BCUT2D eigenvalue weighted by atomic mass is 16.5. The van der Waals surface area contributed by atoms with Crippen LogP contribution < -0.4 is 10.5 Å². The number of hydrogen-bond donors (Lipinski definition) is 1. The molecule has 2 saturated carbocycles. The van der Waals surface area contributed by atoms with Crippen molar-refractivity contribution in [1.82, 2.24) is 28.7 Å². The summed E-state index contributed by atoms with van der Waals surface area (Å²) in [5.74, 6) is 2.22. The third-order valence-corrected chi connectivity index (χ3v) is 11.8. The highest BCUT2D eigenvalue weighted by molar-refractivity contribution is 5.97. The standard InChI is InChI=1S/C37H45N7O3/c1-21-35(40-32-16-25(17-34(47-2)43(21)32)37(46)44-26-10-12-30(44)28(38)18-26)31-15-24-9-11-29(39-36(24)42(31)20-22-5-6-22)27(23-7-8-23)19-33(45)41-13-3-4-14-41/h9,11,15-17,22-23,26-28,30H,3-8,10,12-14,18-20,38H2,1-2H3/t26-,27?,28+,30+/m0/s1. The number of carbonyl (C=O) groups is 2. The van der Waals surface area contributed by atoms with Gasteiger partial charge in [-0.1, -0.05) is 0 Å². The molecule has 3 aliphatic heterocycles. The third kappa shape index (κ3) is 4.93. The van der Waals surface area contributed by atoms with E-state index in [2.05, 4.69) is 29.7 Å². The molecule has 2 bridgehead atoms. The lowest BCUT2D eigenvalue weighted by molar-refractivity contribution is -0.130. The summed E-state index contributed by atoms with van der Waals surface area (Å²) in [4.78, 5) is 41.7. The third-order valence-electron chi connectivity index (χ3n) is 11.8. The van der Waals surface area contributed by atoms with E-state index in [0.717, 1.165) is 85.5 Å². The van der Waals surface area contributed by atoms with Gasteiger partial charge in [0.1, 0.15) is 17.0 Å². The van der Waals surface area contributed by atoms with Crippen LogP contribution in [0.5, 0.6) is 5.88 Å². The Morgan fingerprint density at radius 1 is 1.02 bits per heavy atom. The second-order valence-corrected chi connectivity index (χ2v) is 14.9. The average molecular weight is 636 g/mol. The van der Waals surface area contributed by atoms with Gasteiger partial charge in [-0.05, 0) is 101 Å². The molecule has 5 fully saturated rings. The van der Waals surface area contributed by atoms with Gasteiger partial charge in [-0.2, -0.15) is 0 Å². The Bertz CT molecular complexity index is 1900. The van der Waals surface area contributed by atoms with Crippen LogP contribution in [0.15, 0.2) is 30.3 Å². The molecule has 4 aromatic rings. The van der Waals surface area contributed by atoms with E-state index in [0.29, 0.717) is 35.3 Å². The minimum Gasteiger partial charge on any atom is -0.482 e. The predicted molar refractivity (Wildman–Crippen MR) is 179 cm³/mol. The summed E-state index contributed by atoms with van der Waals surface area (Å²) < 4.78 is 10.3. The summed E-state index contributed by atoms with van der Waals surface area (Å²) in [5, 5.41) is 1.09. The molecule has 5 aliphatic rings. The fraction of sp³-hybridized carbons (Fsp3) is 0.568. The van der Waals surface area contributed by atoms with Gasteiger partial charge in [0.05, 0.1) is 18.5 Å². The lowest BCUT2D eigenvalue weighted by Gasteiger charge is -2.23. The van der Waals surface area contributed by atoms with Crippen LogP contribution in [0.2, 0.25) is 0 Å². The van der Waals surface area contributed by atoms with E-state index >= 15 is 0 Å². The summed E-state index contributed by atoms with van der Waals surface area (Å²) in [7, 11) is 1.65. The smallest absolute Gasteiger partial charge is 0.254 e. The molecule has 1 unspecified atom stereocenters. The lowest BCUT2D eigenvalue weighted by Crippen LogP contribution is -2.40. The number of nitrogens with zero attached hydrogens (tertiary/aromatic N) is 6. The molecule has 10 nitrogen and oxygen atoms in total. The van der Waals surface area contributed by atoms with E-state index in [1.54, 1.807) is 7.11 Å². The van der Waals surface area contributed by atoms with Crippen LogP contribution in [0.1, 0.15) is 91.9 Å². The molecule has 0 spiro atoms. The van der Waals surface area contributed by atoms with Gasteiger partial charge in [-0.15, -0.1) is 0 Å². The number of ether oxygens (including phenoxy) is 1. The number of rotatable bonds is 9. The Kier molecular flexibility index (Phi) is 6.89. The number of aryl methyl sites for hydroxylation is 1. The molecule has 0 aromatic carbocycles. The summed E-state index contributed by atoms with van der Waals surface area (Å²) in [5.41, 5.74) is 12.6. The van der Waals surface area contributed by atoms with Crippen molar-refractivity contribution in [2.45, 2.75) is 102 Å². The monoisotopic (exact) mass is 635 g/mol. The SMILES string of the molecule is COc1cc(C(=O)N2[C@H]3CC[C@@H]2[C@H](N)C3)cc2nc(-c3cc4ccc(C(CC(=O)N5CCCC5)C5CC5)nc4n3CC3CC3)c(C)n12. The fourth-order valence-electron chi connectivity index (χ4n) is 8.88. The molecule has 2 aliphatic carbocycles. The van der Waals surface area contributed by atoms with Crippen LogP contribution in [-0.4, -0.2) is 78.9 Å². The molecular formula is C37H45N7O3. The van der Waals surface area contributed by atoms with E-state index in [-0.39, 0.29) is 35.9 Å². The van der Waals surface area contributed by atoms with E-state index < -0.39 is 0 Å². The van der Waals surface area contributed by atoms with Gasteiger partial charge in [-0.25, -0.2) is 9.97 Å². The molecule has 47 heavy (non-hydrogen) atoms. The first-order valence-corrected chi connectivity index (χ1v) is 17.8. The summed E-state index contributed by atoms with van der Waals surface area (Å²) in [6.45, 7) is 4.75. The molecule has 2 N–H and O–H groups in total. The number of hydrogen-bond acceptors (Lipinski definition) is 6. The number of pyridine rings is 2. The first-order chi connectivity index (χ1) is 22.9. The first kappa shape index (κ1) is 29.2. The number of fused-ring (bicyclic) bond motifs is 4. The Balaban J connectivity index is 1.11. The maximum atomic E-state index is 13.8. The number of likely N-dealkylation sites (tertiary alicyclic amines) is 1. The Morgan fingerprint density at radius 3 is 2.51 bits per heavy atom. The molecule has 3 saturated heterocycles. The highest BCUT2D eigenvalue weighted by Crippen LogP contribution is 2.45. The van der Waals surface area contributed by atoms with Crippen LogP contribution in [0.25, 0.3) is 28.1 Å². The molecule has 9 rings (SSSR count). The Labute approximate surface area is 275 Å². The van der Waals surface area contributed by atoms with Gasteiger partial charge in [0.2, 0.25) is 5.91 Å². The zero-order valence-corrected chi connectivity index (χ0v) is 27.5. The van der Waals surface area contributed by atoms with Crippen LogP contribution in [0.3, 0.4) is 0 Å². The van der Waals surface area contributed by atoms with Crippen LogP contribution in [-0.2, 0) is 11.3 Å². The summed E-state index contributed by atoms with van der Waals surface area (Å²) >= 11 is 0. The van der Waals surface area contributed by atoms with Crippen molar-refractivity contribution in [1.29, 1.82) is 0 Å². The molecule has 7 heterocycles. The Hall–Kier alpha value is -3.92. The average Bonchev–Trinajstić information content (AvgIpc) is 3.84. The van der Waals surface area contributed by atoms with Crippen molar-refractivity contribution in [3.05, 3.63) is 47.3 Å². The normalized spacial score (nSPS) is 24.6. The van der Waals surface area contributed by atoms with Gasteiger partial charge in [-0.3, -0.25) is 14.0 Å². The van der Waals surface area contributed by atoms with Crippen molar-refractivity contribution >= 4 is 28.5 Å². The maximum Gasteiger partial charge on any atom is 0.254 e. The molecule has 4 aromatic heterocycles. The van der Waals surface area contributed by atoms with Crippen molar-refractivity contribution in [3.63, 3.8) is 0 Å². The molecule has 246 valence electrons. The van der Waals surface area contributed by atoms with E-state index in [1.165, 1.54) is 25.7 Å². The number of methoxy groups -OCH3 is 1. The summed E-state index contributed by atoms with van der Waals surface area (Å²) in [6.07, 6.45) is 10.4. The van der Waals surface area contributed by atoms with E-state index in [4.69, 9.17) is 20.4 Å². The number of aromatic nitrogens is 4. The second kappa shape index (κ2) is 11.1. The van der Waals surface area contributed by atoms with Crippen molar-refractivity contribution in [2.75, 3.05) is 20.2 Å². The number of amides is 2. The van der Waals surface area contributed by atoms with Gasteiger partial charge in [0, 0.05) is 72.8 Å². The quantitative estimate of drug-likeness (QED) is 0.268. The van der Waals surface area contributed by atoms with Gasteiger partial charge in [0.25, 0.3) is 5.91 Å². The van der Waals surface area contributed by atoms with Gasteiger partial charge >= 0.3 is 0 Å². The molecule has 0 radical (unpaired) electrons. The van der Waals surface area contributed by atoms with Crippen LogP contribution in [0, 0.1) is 18.8 Å². The maximum absolute atomic E-state index is 13.8. The molecular weight excluding hydrogens is 590 g/mol. The fourth-order valence-corrected chi connectivity index (χ4v) is 8.88. The number of nitrogens with two attached hydrogens (primary N) is 1. The zero-order valence-electron chi connectivity index (χ0n) is 27.5. The van der Waals surface area contributed by atoms with Crippen LogP contribution >= 0.6 is 0 Å². The predicted octanol–water partition coefficient (Wildman–Crippen LogP) is 5.29. The lowest BCUT2D eigenvalue weighted by atomic mass is 9.94. The molecule has 10 heteroatoms. The molecule has 2 amide bonds. The minimum absolute atomic E-state index is 0.0152. The van der Waals surface area contributed by atoms with E-state index in [9.17, 15) is 9.59 Å². The van der Waals surface area contributed by atoms with E-state index in [1.807, 2.05) is 26.3 Å². The van der Waals surface area contributed by atoms with Crippen molar-refractivity contribution in [2.24, 2.45) is 17.6 Å². The number of carbonyl (C=O) groups excluding carboxylic acids is 2. The largest absolute Gasteiger partial charge is 0.482 e. The second-order valence-electron chi connectivity index (χ2n) is 14.9. The van der Waals surface area contributed by atoms with Crippen molar-refractivity contribution < 1.29 is 14.3 Å².